The highest BCUT2D eigenvalue weighted by molar-refractivity contribution is 7.91. The molecule has 0 spiro atoms. The van der Waals surface area contributed by atoms with E-state index in [0.29, 0.717) is 18.6 Å². The molecule has 2 aromatic rings. The summed E-state index contributed by atoms with van der Waals surface area (Å²) in [6, 6.07) is 5.26. The molecule has 0 aliphatic carbocycles. The number of hydrogen-bond acceptors (Lipinski definition) is 6. The van der Waals surface area contributed by atoms with Crippen LogP contribution < -0.4 is 5.32 Å². The molecule has 0 aromatic carbocycles. The third-order valence-electron chi connectivity index (χ3n) is 3.40. The van der Waals surface area contributed by atoms with Crippen LogP contribution in [-0.4, -0.2) is 37.0 Å². The van der Waals surface area contributed by atoms with Gasteiger partial charge in [-0.05, 0) is 24.3 Å². The number of carbonyl (C=O) groups is 1. The maximum atomic E-state index is 12.1. The van der Waals surface area contributed by atoms with Crippen LogP contribution in [0.3, 0.4) is 0 Å². The summed E-state index contributed by atoms with van der Waals surface area (Å²) < 4.78 is 27.9. The third-order valence-corrected chi connectivity index (χ3v) is 6.00. The summed E-state index contributed by atoms with van der Waals surface area (Å²) in [6.07, 6.45) is 0.896. The number of sulfone groups is 1. The average Bonchev–Trinajstić information content (AvgIpc) is 3.10. The van der Waals surface area contributed by atoms with Crippen LogP contribution in [0.4, 0.5) is 0 Å². The first-order valence-corrected chi connectivity index (χ1v) is 9.25. The van der Waals surface area contributed by atoms with Gasteiger partial charge in [0.1, 0.15) is 9.84 Å². The van der Waals surface area contributed by atoms with Gasteiger partial charge in [0.05, 0.1) is 16.4 Å². The quantitative estimate of drug-likeness (QED) is 0.927. The average molecular weight is 326 g/mol. The smallest absolute Gasteiger partial charge is 0.273 e. The minimum Gasteiger partial charge on any atom is -0.355 e. The number of aromatic nitrogens is 1. The van der Waals surface area contributed by atoms with Gasteiger partial charge in [-0.25, -0.2) is 8.42 Å². The molecule has 1 amide bonds. The summed E-state index contributed by atoms with van der Waals surface area (Å²) >= 11 is 1.50. The third kappa shape index (κ3) is 3.33. The van der Waals surface area contributed by atoms with Crippen LogP contribution in [0.25, 0.3) is 10.6 Å². The number of nitrogens with one attached hydrogen (secondary N) is 1. The molecule has 0 unspecified atom stereocenters. The fourth-order valence-corrected chi connectivity index (χ4v) is 4.38. The molecule has 21 heavy (non-hydrogen) atoms. The summed E-state index contributed by atoms with van der Waals surface area (Å²) in [6.45, 7) is 0. The Bertz CT molecular complexity index is 720. The lowest BCUT2D eigenvalue weighted by atomic mass is 10.1. The van der Waals surface area contributed by atoms with Crippen molar-refractivity contribution in [2.45, 2.75) is 18.9 Å². The molecule has 1 aliphatic rings. The standard InChI is InChI=1S/C13H14N2O4S2/c16-13(14-9-3-6-21(17,18)7-4-9)10-8-11(19-15-10)12-2-1-5-20-12/h1-2,5,8-9H,3-4,6-7H2,(H,14,16). The first-order valence-electron chi connectivity index (χ1n) is 6.55. The minimum absolute atomic E-state index is 0.122. The summed E-state index contributed by atoms with van der Waals surface area (Å²) in [4.78, 5) is 13.0. The Labute approximate surface area is 126 Å². The van der Waals surface area contributed by atoms with E-state index in [1.165, 1.54) is 11.3 Å². The zero-order valence-corrected chi connectivity index (χ0v) is 12.7. The highest BCUT2D eigenvalue weighted by atomic mass is 32.2. The fourth-order valence-electron chi connectivity index (χ4n) is 2.21. The van der Waals surface area contributed by atoms with Gasteiger partial charge in [0.2, 0.25) is 0 Å². The Balaban J connectivity index is 1.64. The van der Waals surface area contributed by atoms with E-state index >= 15 is 0 Å². The van der Waals surface area contributed by atoms with Crippen molar-refractivity contribution in [1.82, 2.24) is 10.5 Å². The van der Waals surface area contributed by atoms with Crippen molar-refractivity contribution in [2.75, 3.05) is 11.5 Å². The maximum absolute atomic E-state index is 12.1. The van der Waals surface area contributed by atoms with Gasteiger partial charge in [0.25, 0.3) is 5.91 Å². The van der Waals surface area contributed by atoms with Crippen LogP contribution in [0, 0.1) is 0 Å². The molecule has 3 heterocycles. The Morgan fingerprint density at radius 2 is 2.14 bits per heavy atom. The molecule has 1 saturated heterocycles. The molecule has 0 saturated carbocycles. The molecular weight excluding hydrogens is 312 g/mol. The van der Waals surface area contributed by atoms with Gasteiger partial charge >= 0.3 is 0 Å². The fraction of sp³-hybridized carbons (Fsp3) is 0.385. The van der Waals surface area contributed by atoms with Crippen LogP contribution in [0.5, 0.6) is 0 Å². The highest BCUT2D eigenvalue weighted by Crippen LogP contribution is 2.25. The highest BCUT2D eigenvalue weighted by Gasteiger charge is 2.26. The Morgan fingerprint density at radius 1 is 1.38 bits per heavy atom. The predicted molar refractivity (Wildman–Crippen MR) is 79.0 cm³/mol. The Hall–Kier alpha value is -1.67. The van der Waals surface area contributed by atoms with E-state index in [1.807, 2.05) is 17.5 Å². The Morgan fingerprint density at radius 3 is 2.81 bits per heavy atom. The number of nitrogens with zero attached hydrogens (tertiary/aromatic N) is 1. The number of rotatable bonds is 3. The normalized spacial score (nSPS) is 18.5. The second-order valence-corrected chi connectivity index (χ2v) is 8.20. The predicted octanol–water partition coefficient (Wildman–Crippen LogP) is 1.71. The largest absolute Gasteiger partial charge is 0.355 e. The lowest BCUT2D eigenvalue weighted by molar-refractivity contribution is 0.0925. The molecule has 1 N–H and O–H groups in total. The van der Waals surface area contributed by atoms with Gasteiger partial charge in [-0.2, -0.15) is 0 Å². The SMILES string of the molecule is O=C(NC1CCS(=O)(=O)CC1)c1cc(-c2cccs2)on1. The van der Waals surface area contributed by atoms with E-state index in [1.54, 1.807) is 6.07 Å². The van der Waals surface area contributed by atoms with Crippen LogP contribution in [0.15, 0.2) is 28.1 Å². The number of thiophene rings is 1. The van der Waals surface area contributed by atoms with Gasteiger partial charge in [-0.3, -0.25) is 4.79 Å². The summed E-state index contributed by atoms with van der Waals surface area (Å²) in [5.41, 5.74) is 0.215. The molecule has 2 aromatic heterocycles. The van der Waals surface area contributed by atoms with Gasteiger partial charge in [-0.15, -0.1) is 11.3 Å². The molecule has 3 rings (SSSR count). The van der Waals surface area contributed by atoms with Crippen molar-refractivity contribution >= 4 is 27.1 Å². The first kappa shape index (κ1) is 14.3. The molecule has 112 valence electrons. The lowest BCUT2D eigenvalue weighted by Crippen LogP contribution is -2.40. The number of carbonyl (C=O) groups excluding carboxylic acids is 1. The van der Waals surface area contributed by atoms with Gasteiger partial charge in [0.15, 0.2) is 11.5 Å². The maximum Gasteiger partial charge on any atom is 0.273 e. The van der Waals surface area contributed by atoms with Crippen molar-refractivity contribution in [3.63, 3.8) is 0 Å². The minimum atomic E-state index is -2.93. The topological polar surface area (TPSA) is 89.3 Å². The second kappa shape index (κ2) is 5.61. The van der Waals surface area contributed by atoms with Gasteiger partial charge in [-0.1, -0.05) is 11.2 Å². The van der Waals surface area contributed by atoms with E-state index in [0.717, 1.165) is 4.88 Å². The van der Waals surface area contributed by atoms with E-state index in [2.05, 4.69) is 10.5 Å². The van der Waals surface area contributed by atoms with Crippen LogP contribution in [0.2, 0.25) is 0 Å². The van der Waals surface area contributed by atoms with Crippen LogP contribution in [-0.2, 0) is 9.84 Å². The van der Waals surface area contributed by atoms with Crippen molar-refractivity contribution in [3.05, 3.63) is 29.3 Å². The zero-order valence-electron chi connectivity index (χ0n) is 11.1. The summed E-state index contributed by atoms with van der Waals surface area (Å²) in [5.74, 6) is 0.473. The van der Waals surface area contributed by atoms with Crippen LogP contribution >= 0.6 is 11.3 Å². The molecular formula is C13H14N2O4S2. The summed E-state index contributed by atoms with van der Waals surface area (Å²) in [7, 11) is -2.93. The van der Waals surface area contributed by atoms with Crippen molar-refractivity contribution in [3.8, 4) is 10.6 Å². The Kier molecular flexibility index (Phi) is 3.81. The van der Waals surface area contributed by atoms with Gasteiger partial charge < -0.3 is 9.84 Å². The van der Waals surface area contributed by atoms with E-state index in [9.17, 15) is 13.2 Å². The lowest BCUT2D eigenvalue weighted by Gasteiger charge is -2.22. The van der Waals surface area contributed by atoms with Crippen molar-refractivity contribution < 1.29 is 17.7 Å². The molecule has 8 heteroatoms. The molecule has 6 nitrogen and oxygen atoms in total. The molecule has 1 fully saturated rings. The van der Waals surface area contributed by atoms with Crippen LogP contribution in [0.1, 0.15) is 23.3 Å². The van der Waals surface area contributed by atoms with Crippen molar-refractivity contribution in [1.29, 1.82) is 0 Å². The van der Waals surface area contributed by atoms with E-state index < -0.39 is 9.84 Å². The van der Waals surface area contributed by atoms with Gasteiger partial charge in [0, 0.05) is 12.1 Å². The first-order chi connectivity index (χ1) is 10.0. The zero-order chi connectivity index (χ0) is 14.9. The monoisotopic (exact) mass is 326 g/mol. The number of hydrogen-bond donors (Lipinski definition) is 1. The van der Waals surface area contributed by atoms with Crippen molar-refractivity contribution in [2.24, 2.45) is 0 Å². The molecule has 0 atom stereocenters. The number of amides is 1. The summed E-state index contributed by atoms with van der Waals surface area (Å²) in [5, 5.41) is 8.49. The van der Waals surface area contributed by atoms with E-state index in [-0.39, 0.29) is 29.1 Å². The molecule has 0 radical (unpaired) electrons. The van der Waals surface area contributed by atoms with E-state index in [4.69, 9.17) is 4.52 Å². The second-order valence-electron chi connectivity index (χ2n) is 4.95. The molecule has 0 bridgehead atoms. The molecule has 1 aliphatic heterocycles.